The number of likely N-dealkylation sites (tertiary alicyclic amines) is 1. The molecule has 2 fully saturated rings. The number of amides is 1. The molecule has 3 unspecified atom stereocenters. The summed E-state index contributed by atoms with van der Waals surface area (Å²) in [6, 6.07) is 0.916. The number of carbonyl (C=O) groups excluding carboxylic acids is 1. The fourth-order valence-electron chi connectivity index (χ4n) is 2.88. The summed E-state index contributed by atoms with van der Waals surface area (Å²) in [5.74, 6) is 1.18. The largest absolute Gasteiger partial charge is 0.444 e. The van der Waals surface area contributed by atoms with Crippen LogP contribution in [0.2, 0.25) is 0 Å². The van der Waals surface area contributed by atoms with Gasteiger partial charge in [0.1, 0.15) is 5.60 Å². The number of fused-ring (bicyclic) bond motifs is 1. The summed E-state index contributed by atoms with van der Waals surface area (Å²) in [5.41, 5.74) is -0.408. The van der Waals surface area contributed by atoms with Crippen molar-refractivity contribution in [1.82, 2.24) is 10.2 Å². The number of nitrogens with one attached hydrogen (secondary N) is 1. The van der Waals surface area contributed by atoms with Crippen molar-refractivity contribution in [2.45, 2.75) is 45.4 Å². The highest BCUT2D eigenvalue weighted by atomic mass is 16.6. The van der Waals surface area contributed by atoms with E-state index in [9.17, 15) is 4.79 Å². The van der Waals surface area contributed by atoms with Gasteiger partial charge in [-0.1, -0.05) is 0 Å². The van der Waals surface area contributed by atoms with Crippen LogP contribution >= 0.6 is 0 Å². The van der Waals surface area contributed by atoms with Crippen LogP contribution in [0.15, 0.2) is 0 Å². The maximum Gasteiger partial charge on any atom is 0.410 e. The smallest absolute Gasteiger partial charge is 0.410 e. The molecule has 1 saturated heterocycles. The minimum absolute atomic E-state index is 0.177. The van der Waals surface area contributed by atoms with Crippen LogP contribution in [0.1, 0.15) is 27.7 Å². The van der Waals surface area contributed by atoms with E-state index in [2.05, 4.69) is 12.2 Å². The van der Waals surface area contributed by atoms with E-state index in [-0.39, 0.29) is 6.09 Å². The summed E-state index contributed by atoms with van der Waals surface area (Å²) in [4.78, 5) is 13.8. The molecule has 1 heterocycles. The van der Waals surface area contributed by atoms with Gasteiger partial charge in [0.05, 0.1) is 6.61 Å². The zero-order chi connectivity index (χ0) is 14.2. The molecule has 2 aliphatic rings. The summed E-state index contributed by atoms with van der Waals surface area (Å²) in [6.45, 7) is 10.2. The first-order valence-electron chi connectivity index (χ1n) is 7.04. The summed E-state index contributed by atoms with van der Waals surface area (Å²) in [6.07, 6.45) is -0.177. The van der Waals surface area contributed by atoms with Crippen LogP contribution in [0.3, 0.4) is 0 Å². The molecule has 1 amide bonds. The summed E-state index contributed by atoms with van der Waals surface area (Å²) in [5, 5.41) is 3.56. The Morgan fingerprint density at radius 3 is 2.42 bits per heavy atom. The van der Waals surface area contributed by atoms with Crippen LogP contribution in [-0.4, -0.2) is 55.5 Å². The van der Waals surface area contributed by atoms with Crippen LogP contribution in [-0.2, 0) is 9.47 Å². The van der Waals surface area contributed by atoms with Gasteiger partial charge >= 0.3 is 6.09 Å². The Balaban J connectivity index is 1.73. The average Bonchev–Trinajstić information content (AvgIpc) is 2.73. The number of rotatable bonds is 4. The normalized spacial score (nSPS) is 31.0. The summed E-state index contributed by atoms with van der Waals surface area (Å²) >= 11 is 0. The number of hydrogen-bond donors (Lipinski definition) is 1. The van der Waals surface area contributed by atoms with Crippen molar-refractivity contribution in [3.63, 3.8) is 0 Å². The third kappa shape index (κ3) is 3.60. The SMILES string of the molecule is COCC(C)NC1C2CN(C(=O)OC(C)(C)C)CC21. The Kier molecular flexibility index (Phi) is 4.06. The lowest BCUT2D eigenvalue weighted by molar-refractivity contribution is 0.0268. The predicted molar refractivity (Wildman–Crippen MR) is 73.0 cm³/mol. The molecule has 2 rings (SSSR count). The maximum absolute atomic E-state index is 11.9. The molecular formula is C14H26N2O3. The number of nitrogens with zero attached hydrogens (tertiary/aromatic N) is 1. The van der Waals surface area contributed by atoms with E-state index >= 15 is 0 Å². The molecule has 0 bridgehead atoms. The van der Waals surface area contributed by atoms with Crippen molar-refractivity contribution < 1.29 is 14.3 Å². The minimum atomic E-state index is -0.408. The van der Waals surface area contributed by atoms with Gasteiger partial charge in [0.2, 0.25) is 0 Å². The van der Waals surface area contributed by atoms with Crippen LogP contribution in [0, 0.1) is 11.8 Å². The fraction of sp³-hybridized carbons (Fsp3) is 0.929. The van der Waals surface area contributed by atoms with E-state index < -0.39 is 5.60 Å². The Morgan fingerprint density at radius 2 is 1.95 bits per heavy atom. The number of piperidine rings is 1. The second-order valence-electron chi connectivity index (χ2n) is 6.76. The second kappa shape index (κ2) is 5.29. The van der Waals surface area contributed by atoms with Crippen molar-refractivity contribution in [1.29, 1.82) is 0 Å². The van der Waals surface area contributed by atoms with Gasteiger partial charge in [0, 0.05) is 32.3 Å². The Morgan fingerprint density at radius 1 is 1.37 bits per heavy atom. The molecule has 3 atom stereocenters. The van der Waals surface area contributed by atoms with Crippen LogP contribution in [0.4, 0.5) is 4.79 Å². The number of methoxy groups -OCH3 is 1. The van der Waals surface area contributed by atoms with E-state index in [4.69, 9.17) is 9.47 Å². The molecular weight excluding hydrogens is 244 g/mol. The molecule has 0 radical (unpaired) electrons. The molecule has 5 nitrogen and oxygen atoms in total. The third-order valence-electron chi connectivity index (χ3n) is 3.74. The molecule has 0 spiro atoms. The Hall–Kier alpha value is -0.810. The van der Waals surface area contributed by atoms with E-state index in [1.165, 1.54) is 0 Å². The van der Waals surface area contributed by atoms with Gasteiger partial charge in [-0.2, -0.15) is 0 Å². The van der Waals surface area contributed by atoms with Crippen molar-refractivity contribution >= 4 is 6.09 Å². The third-order valence-corrected chi connectivity index (χ3v) is 3.74. The first kappa shape index (κ1) is 14.6. The van der Waals surface area contributed by atoms with Crippen molar-refractivity contribution in [2.75, 3.05) is 26.8 Å². The fourth-order valence-corrected chi connectivity index (χ4v) is 2.88. The van der Waals surface area contributed by atoms with Crippen molar-refractivity contribution in [3.8, 4) is 0 Å². The molecule has 1 aliphatic heterocycles. The molecule has 110 valence electrons. The first-order chi connectivity index (χ1) is 8.81. The molecule has 19 heavy (non-hydrogen) atoms. The monoisotopic (exact) mass is 270 g/mol. The number of hydrogen-bond acceptors (Lipinski definition) is 4. The van der Waals surface area contributed by atoms with Crippen LogP contribution < -0.4 is 5.32 Å². The standard InChI is InChI=1S/C14H26N2O3/c1-9(8-18-5)15-12-10-6-16(7-11(10)12)13(17)19-14(2,3)4/h9-12,15H,6-8H2,1-5H3. The first-order valence-corrected chi connectivity index (χ1v) is 7.04. The van der Waals surface area contributed by atoms with E-state index in [1.54, 1.807) is 7.11 Å². The topological polar surface area (TPSA) is 50.8 Å². The Bertz CT molecular complexity index is 328. The quantitative estimate of drug-likeness (QED) is 0.840. The van der Waals surface area contributed by atoms with Crippen molar-refractivity contribution in [3.05, 3.63) is 0 Å². The molecule has 1 aliphatic carbocycles. The highest BCUT2D eigenvalue weighted by Crippen LogP contribution is 2.46. The van der Waals surface area contributed by atoms with Gasteiger partial charge in [-0.15, -0.1) is 0 Å². The lowest BCUT2D eigenvalue weighted by atomic mass is 10.2. The van der Waals surface area contributed by atoms with Gasteiger partial charge in [-0.3, -0.25) is 0 Å². The number of ether oxygens (including phenoxy) is 2. The summed E-state index contributed by atoms with van der Waals surface area (Å²) in [7, 11) is 1.72. The van der Waals surface area contributed by atoms with E-state index in [0.717, 1.165) is 19.7 Å². The van der Waals surface area contributed by atoms with E-state index in [0.29, 0.717) is 23.9 Å². The van der Waals surface area contributed by atoms with Crippen molar-refractivity contribution in [2.24, 2.45) is 11.8 Å². The average molecular weight is 270 g/mol. The molecule has 0 aromatic rings. The van der Waals surface area contributed by atoms with Crippen LogP contribution in [0.5, 0.6) is 0 Å². The van der Waals surface area contributed by atoms with Gasteiger partial charge in [-0.25, -0.2) is 4.79 Å². The van der Waals surface area contributed by atoms with Gasteiger partial charge in [0.25, 0.3) is 0 Å². The van der Waals surface area contributed by atoms with Gasteiger partial charge in [-0.05, 0) is 39.5 Å². The maximum atomic E-state index is 11.9. The molecule has 5 heteroatoms. The minimum Gasteiger partial charge on any atom is -0.444 e. The summed E-state index contributed by atoms with van der Waals surface area (Å²) < 4.78 is 10.5. The zero-order valence-corrected chi connectivity index (χ0v) is 12.6. The number of carbonyl (C=O) groups is 1. The molecule has 1 saturated carbocycles. The molecule has 0 aromatic carbocycles. The van der Waals surface area contributed by atoms with Crippen LogP contribution in [0.25, 0.3) is 0 Å². The predicted octanol–water partition coefficient (Wildman–Crippen LogP) is 1.48. The highest BCUT2D eigenvalue weighted by molar-refractivity contribution is 5.69. The lowest BCUT2D eigenvalue weighted by Gasteiger charge is -2.26. The second-order valence-corrected chi connectivity index (χ2v) is 6.76. The molecule has 0 aromatic heterocycles. The van der Waals surface area contributed by atoms with Gasteiger partial charge < -0.3 is 19.7 Å². The lowest BCUT2D eigenvalue weighted by Crippen LogP contribution is -2.41. The molecule has 1 N–H and O–H groups in total. The zero-order valence-electron chi connectivity index (χ0n) is 12.6. The van der Waals surface area contributed by atoms with E-state index in [1.807, 2.05) is 25.7 Å². The highest BCUT2D eigenvalue weighted by Gasteiger charge is 2.57. The van der Waals surface area contributed by atoms with Gasteiger partial charge in [0.15, 0.2) is 0 Å². The Labute approximate surface area is 115 Å².